The second-order valence-corrected chi connectivity index (χ2v) is 8.01. The van der Waals surface area contributed by atoms with E-state index in [0.29, 0.717) is 38.3 Å². The molecule has 6 nitrogen and oxygen atoms in total. The van der Waals surface area contributed by atoms with E-state index in [0.717, 1.165) is 23.2 Å². The van der Waals surface area contributed by atoms with Gasteiger partial charge >= 0.3 is 0 Å². The Morgan fingerprint density at radius 2 is 1.58 bits per heavy atom. The molecule has 1 heterocycles. The summed E-state index contributed by atoms with van der Waals surface area (Å²) in [6.07, 6.45) is 1.31. The lowest BCUT2D eigenvalue weighted by Crippen LogP contribution is -2.50. The second kappa shape index (κ2) is 10.9. The maximum absolute atomic E-state index is 12.5. The Morgan fingerprint density at radius 3 is 2.26 bits per heavy atom. The summed E-state index contributed by atoms with van der Waals surface area (Å²) < 4.78 is 0. The highest BCUT2D eigenvalue weighted by Gasteiger charge is 2.23. The number of rotatable bonds is 8. The van der Waals surface area contributed by atoms with Crippen LogP contribution in [0.4, 0.5) is 5.69 Å². The Morgan fingerprint density at radius 1 is 0.903 bits per heavy atom. The minimum absolute atomic E-state index is 0.00133. The fourth-order valence-electron chi connectivity index (χ4n) is 3.76. The fourth-order valence-corrected chi connectivity index (χ4v) is 3.76. The lowest BCUT2D eigenvalue weighted by Gasteiger charge is -2.34. The van der Waals surface area contributed by atoms with Gasteiger partial charge in [0, 0.05) is 50.3 Å². The minimum atomic E-state index is -0.0376. The van der Waals surface area contributed by atoms with Gasteiger partial charge < -0.3 is 10.2 Å². The molecule has 2 amide bonds. The van der Waals surface area contributed by atoms with Crippen LogP contribution in [0.25, 0.3) is 0 Å². The predicted octanol–water partition coefficient (Wildman–Crippen LogP) is 3.30. The van der Waals surface area contributed by atoms with Gasteiger partial charge in [0.15, 0.2) is 5.78 Å². The normalized spacial score (nSPS) is 14.3. The van der Waals surface area contributed by atoms with Crippen LogP contribution in [0.1, 0.15) is 41.3 Å². The largest absolute Gasteiger partial charge is 0.340 e. The molecule has 6 heteroatoms. The molecule has 0 unspecified atom stereocenters. The second-order valence-electron chi connectivity index (χ2n) is 8.01. The highest BCUT2D eigenvalue weighted by molar-refractivity contribution is 5.98. The predicted molar refractivity (Wildman–Crippen MR) is 122 cm³/mol. The van der Waals surface area contributed by atoms with Crippen molar-refractivity contribution in [1.29, 1.82) is 0 Å². The number of carbonyl (C=O) groups is 3. The summed E-state index contributed by atoms with van der Waals surface area (Å²) in [6, 6.07) is 15.3. The molecule has 3 rings (SSSR count). The van der Waals surface area contributed by atoms with E-state index in [1.165, 1.54) is 0 Å². The van der Waals surface area contributed by atoms with Crippen LogP contribution in [-0.2, 0) is 16.0 Å². The van der Waals surface area contributed by atoms with Crippen LogP contribution in [0.15, 0.2) is 48.5 Å². The first kappa shape index (κ1) is 22.7. The summed E-state index contributed by atoms with van der Waals surface area (Å²) in [5, 5.41) is 3.00. The molecule has 0 saturated carbocycles. The average Bonchev–Trinajstić information content (AvgIpc) is 2.78. The Bertz CT molecular complexity index is 916. The zero-order valence-electron chi connectivity index (χ0n) is 18.4. The van der Waals surface area contributed by atoms with E-state index in [-0.39, 0.29) is 30.4 Å². The van der Waals surface area contributed by atoms with Crippen molar-refractivity contribution in [2.24, 2.45) is 0 Å². The van der Waals surface area contributed by atoms with E-state index in [1.54, 1.807) is 4.90 Å². The number of aryl methyl sites for hydroxylation is 2. The monoisotopic (exact) mass is 421 g/mol. The van der Waals surface area contributed by atoms with Gasteiger partial charge in [-0.05, 0) is 25.0 Å². The topological polar surface area (TPSA) is 69.7 Å². The number of amides is 2. The molecule has 0 spiro atoms. The van der Waals surface area contributed by atoms with E-state index in [4.69, 9.17) is 0 Å². The summed E-state index contributed by atoms with van der Waals surface area (Å²) in [6.45, 7) is 6.82. The van der Waals surface area contributed by atoms with Crippen molar-refractivity contribution in [2.75, 3.05) is 38.0 Å². The van der Waals surface area contributed by atoms with Gasteiger partial charge in [0.25, 0.3) is 0 Å². The molecule has 1 fully saturated rings. The SMILES string of the molecule is CCc1ccccc1NC(=O)CN1CCN(C(=O)CCC(=O)c2ccc(C)cc2)CC1. The fraction of sp³-hybridized carbons (Fsp3) is 0.400. The van der Waals surface area contributed by atoms with Crippen LogP contribution in [0.2, 0.25) is 0 Å². The number of ketones is 1. The molecule has 1 aliphatic rings. The summed E-state index contributed by atoms with van der Waals surface area (Å²) in [7, 11) is 0. The number of anilines is 1. The zero-order valence-corrected chi connectivity index (χ0v) is 18.4. The lowest BCUT2D eigenvalue weighted by molar-refractivity contribution is -0.133. The lowest BCUT2D eigenvalue weighted by atomic mass is 10.0. The summed E-state index contributed by atoms with van der Waals surface area (Å²) >= 11 is 0. The molecule has 0 bridgehead atoms. The molecule has 1 aliphatic heterocycles. The third-order valence-electron chi connectivity index (χ3n) is 5.70. The van der Waals surface area contributed by atoms with Crippen LogP contribution in [0.5, 0.6) is 0 Å². The van der Waals surface area contributed by atoms with Gasteiger partial charge in [0.1, 0.15) is 0 Å². The number of hydrogen-bond donors (Lipinski definition) is 1. The Labute approximate surface area is 184 Å². The summed E-state index contributed by atoms with van der Waals surface area (Å²) in [5.74, 6) is -0.0400. The van der Waals surface area contributed by atoms with Crippen LogP contribution in [0, 0.1) is 6.92 Å². The van der Waals surface area contributed by atoms with Gasteiger partial charge in [-0.1, -0.05) is 55.0 Å². The van der Waals surface area contributed by atoms with Crippen LogP contribution in [-0.4, -0.2) is 60.1 Å². The van der Waals surface area contributed by atoms with Crippen LogP contribution >= 0.6 is 0 Å². The van der Waals surface area contributed by atoms with Gasteiger partial charge in [-0.15, -0.1) is 0 Å². The highest BCUT2D eigenvalue weighted by atomic mass is 16.2. The Balaban J connectivity index is 1.40. The van der Waals surface area contributed by atoms with Gasteiger partial charge in [0.2, 0.25) is 11.8 Å². The number of carbonyl (C=O) groups excluding carboxylic acids is 3. The molecular formula is C25H31N3O3. The molecule has 1 saturated heterocycles. The number of piperazine rings is 1. The third kappa shape index (κ3) is 6.49. The van der Waals surface area contributed by atoms with Gasteiger partial charge in [-0.3, -0.25) is 19.3 Å². The van der Waals surface area contributed by atoms with E-state index in [1.807, 2.05) is 55.5 Å². The quantitative estimate of drug-likeness (QED) is 0.664. The molecule has 0 atom stereocenters. The van der Waals surface area contributed by atoms with Crippen molar-refractivity contribution in [3.63, 3.8) is 0 Å². The molecule has 0 radical (unpaired) electrons. The summed E-state index contributed by atoms with van der Waals surface area (Å²) in [4.78, 5) is 41.1. The molecule has 0 aliphatic carbocycles. The van der Waals surface area contributed by atoms with Crippen LogP contribution < -0.4 is 5.32 Å². The number of benzene rings is 2. The molecule has 31 heavy (non-hydrogen) atoms. The molecule has 2 aromatic carbocycles. The average molecular weight is 422 g/mol. The maximum atomic E-state index is 12.5. The number of para-hydroxylation sites is 1. The number of nitrogens with zero attached hydrogens (tertiary/aromatic N) is 2. The standard InChI is InChI=1S/C25H31N3O3/c1-3-20-6-4-5-7-22(20)26-24(30)18-27-14-16-28(17-15-27)25(31)13-12-23(29)21-10-8-19(2)9-11-21/h4-11H,3,12-18H2,1-2H3,(H,26,30). The van der Waals surface area contributed by atoms with Gasteiger partial charge in [-0.2, -0.15) is 0 Å². The van der Waals surface area contributed by atoms with Crippen molar-refractivity contribution < 1.29 is 14.4 Å². The first-order valence-corrected chi connectivity index (χ1v) is 10.9. The van der Waals surface area contributed by atoms with Crippen molar-refractivity contribution in [3.8, 4) is 0 Å². The van der Waals surface area contributed by atoms with E-state index >= 15 is 0 Å². The highest BCUT2D eigenvalue weighted by Crippen LogP contribution is 2.16. The molecule has 2 aromatic rings. The third-order valence-corrected chi connectivity index (χ3v) is 5.70. The number of Topliss-reactive ketones (excluding diaryl/α,β-unsaturated/α-hetero) is 1. The first-order chi connectivity index (χ1) is 15.0. The molecule has 1 N–H and O–H groups in total. The number of hydrogen-bond acceptors (Lipinski definition) is 4. The Hall–Kier alpha value is -2.99. The minimum Gasteiger partial charge on any atom is -0.340 e. The van der Waals surface area contributed by atoms with Gasteiger partial charge in [0.05, 0.1) is 6.54 Å². The van der Waals surface area contributed by atoms with E-state index in [2.05, 4.69) is 17.1 Å². The summed E-state index contributed by atoms with van der Waals surface area (Å²) in [5.41, 5.74) is 3.74. The van der Waals surface area contributed by atoms with Crippen LogP contribution in [0.3, 0.4) is 0 Å². The van der Waals surface area contributed by atoms with E-state index < -0.39 is 0 Å². The first-order valence-electron chi connectivity index (χ1n) is 10.9. The zero-order chi connectivity index (χ0) is 22.2. The Kier molecular flexibility index (Phi) is 7.95. The van der Waals surface area contributed by atoms with Crippen molar-refractivity contribution in [1.82, 2.24) is 9.80 Å². The van der Waals surface area contributed by atoms with Gasteiger partial charge in [-0.25, -0.2) is 0 Å². The van der Waals surface area contributed by atoms with Crippen molar-refractivity contribution >= 4 is 23.3 Å². The molecule has 164 valence electrons. The molecule has 0 aromatic heterocycles. The maximum Gasteiger partial charge on any atom is 0.238 e. The van der Waals surface area contributed by atoms with Crippen molar-refractivity contribution in [2.45, 2.75) is 33.1 Å². The number of nitrogens with one attached hydrogen (secondary N) is 1. The smallest absolute Gasteiger partial charge is 0.238 e. The van der Waals surface area contributed by atoms with Crippen molar-refractivity contribution in [3.05, 3.63) is 65.2 Å². The molecular weight excluding hydrogens is 390 g/mol. The van der Waals surface area contributed by atoms with E-state index in [9.17, 15) is 14.4 Å².